The minimum atomic E-state index is -4.57. The van der Waals surface area contributed by atoms with Crippen molar-refractivity contribution in [2.45, 2.75) is 25.6 Å². The van der Waals surface area contributed by atoms with Crippen LogP contribution in [-0.2, 0) is 11.3 Å². The SMILES string of the molecule is O=C(O)c1cc(CNC(=O)C2(C(F)(F)F)CC2)ccc1Cl. The van der Waals surface area contributed by atoms with Crippen molar-refractivity contribution in [2.24, 2.45) is 5.41 Å². The zero-order chi connectivity index (χ0) is 15.8. The van der Waals surface area contributed by atoms with Crippen molar-refractivity contribution in [3.05, 3.63) is 34.3 Å². The lowest BCUT2D eigenvalue weighted by Gasteiger charge is -2.18. The number of nitrogens with one attached hydrogen (secondary N) is 1. The standard InChI is InChI=1S/C13H11ClF3NO3/c14-9-2-1-7(5-8(9)10(19)20)6-18-11(21)12(3-4-12)13(15,16)17/h1-2,5H,3-4,6H2,(H,18,21)(H,19,20). The number of halogens is 4. The van der Waals surface area contributed by atoms with Crippen LogP contribution >= 0.6 is 11.6 Å². The van der Waals surface area contributed by atoms with E-state index in [0.29, 0.717) is 5.56 Å². The molecule has 0 bridgehead atoms. The van der Waals surface area contributed by atoms with E-state index >= 15 is 0 Å². The molecule has 0 aromatic heterocycles. The molecule has 1 amide bonds. The second kappa shape index (κ2) is 5.22. The zero-order valence-corrected chi connectivity index (χ0v) is 11.4. The van der Waals surface area contributed by atoms with Gasteiger partial charge in [0.2, 0.25) is 5.91 Å². The van der Waals surface area contributed by atoms with E-state index < -0.39 is 23.5 Å². The summed E-state index contributed by atoms with van der Waals surface area (Å²) in [6, 6.07) is 3.99. The van der Waals surface area contributed by atoms with Gasteiger partial charge in [-0.05, 0) is 30.5 Å². The number of carboxylic acids is 1. The molecule has 0 saturated heterocycles. The molecule has 0 unspecified atom stereocenters. The number of carbonyl (C=O) groups excluding carboxylic acids is 1. The second-order valence-corrected chi connectivity index (χ2v) is 5.29. The minimum absolute atomic E-state index is 0.0199. The van der Waals surface area contributed by atoms with Crippen LogP contribution in [-0.4, -0.2) is 23.2 Å². The Bertz CT molecular complexity index is 597. The second-order valence-electron chi connectivity index (χ2n) is 4.88. The summed E-state index contributed by atoms with van der Waals surface area (Å²) >= 11 is 5.68. The average molecular weight is 322 g/mol. The molecular weight excluding hydrogens is 311 g/mol. The van der Waals surface area contributed by atoms with Crippen LogP contribution in [0.25, 0.3) is 0 Å². The maximum absolute atomic E-state index is 12.7. The van der Waals surface area contributed by atoms with E-state index in [4.69, 9.17) is 16.7 Å². The fourth-order valence-electron chi connectivity index (χ4n) is 1.96. The van der Waals surface area contributed by atoms with Gasteiger partial charge in [-0.1, -0.05) is 17.7 Å². The highest BCUT2D eigenvalue weighted by atomic mass is 35.5. The van der Waals surface area contributed by atoms with Gasteiger partial charge in [0.25, 0.3) is 0 Å². The normalized spacial score (nSPS) is 16.4. The number of alkyl halides is 3. The summed E-state index contributed by atoms with van der Waals surface area (Å²) in [7, 11) is 0. The van der Waals surface area contributed by atoms with E-state index in [2.05, 4.69) is 5.32 Å². The maximum atomic E-state index is 12.7. The number of hydrogen-bond acceptors (Lipinski definition) is 2. The summed E-state index contributed by atoms with van der Waals surface area (Å²) in [6.07, 6.45) is -5.00. The third kappa shape index (κ3) is 2.97. The van der Waals surface area contributed by atoms with Gasteiger partial charge in [-0.25, -0.2) is 4.79 Å². The molecule has 0 heterocycles. The van der Waals surface area contributed by atoms with Crippen molar-refractivity contribution in [3.63, 3.8) is 0 Å². The zero-order valence-electron chi connectivity index (χ0n) is 10.6. The van der Waals surface area contributed by atoms with Gasteiger partial charge in [-0.2, -0.15) is 13.2 Å². The monoisotopic (exact) mass is 321 g/mol. The fourth-order valence-corrected chi connectivity index (χ4v) is 2.16. The number of carboxylic acid groups (broad SMARTS) is 1. The average Bonchev–Trinajstić information content (AvgIpc) is 3.17. The Morgan fingerprint density at radius 2 is 1.95 bits per heavy atom. The van der Waals surface area contributed by atoms with E-state index in [1.54, 1.807) is 0 Å². The lowest BCUT2D eigenvalue weighted by Crippen LogP contribution is -2.40. The summed E-state index contributed by atoms with van der Waals surface area (Å²) in [5, 5.41) is 11.1. The quantitative estimate of drug-likeness (QED) is 0.896. The Labute approximate surface area is 122 Å². The first-order valence-electron chi connectivity index (χ1n) is 6.04. The van der Waals surface area contributed by atoms with Crippen LogP contribution in [0.2, 0.25) is 5.02 Å². The summed E-state index contributed by atoms with van der Waals surface area (Å²) in [6.45, 7) is -0.186. The molecule has 2 rings (SSSR count). The molecule has 0 atom stereocenters. The van der Waals surface area contributed by atoms with E-state index in [1.165, 1.54) is 18.2 Å². The minimum Gasteiger partial charge on any atom is -0.478 e. The van der Waals surface area contributed by atoms with Crippen molar-refractivity contribution in [2.75, 3.05) is 0 Å². The van der Waals surface area contributed by atoms with Crippen LogP contribution in [0.5, 0.6) is 0 Å². The molecule has 2 N–H and O–H groups in total. The Hall–Kier alpha value is -1.76. The van der Waals surface area contributed by atoms with E-state index in [9.17, 15) is 22.8 Å². The summed E-state index contributed by atoms with van der Waals surface area (Å²) in [5.41, 5.74) is -2.09. The molecule has 4 nitrogen and oxygen atoms in total. The molecule has 0 radical (unpaired) electrons. The fraction of sp³-hybridized carbons (Fsp3) is 0.385. The Balaban J connectivity index is 2.06. The number of amides is 1. The molecule has 1 aliphatic carbocycles. The Morgan fingerprint density at radius 3 is 2.43 bits per heavy atom. The highest BCUT2D eigenvalue weighted by Crippen LogP contribution is 2.57. The highest BCUT2D eigenvalue weighted by Gasteiger charge is 2.68. The third-order valence-corrected chi connectivity index (χ3v) is 3.77. The first kappa shape index (κ1) is 15.6. The predicted molar refractivity (Wildman–Crippen MR) is 68.0 cm³/mol. The summed E-state index contributed by atoms with van der Waals surface area (Å²) < 4.78 is 38.2. The predicted octanol–water partition coefficient (Wildman–Crippen LogP) is 3.00. The molecule has 1 aromatic carbocycles. The van der Waals surface area contributed by atoms with Crippen LogP contribution in [0.4, 0.5) is 13.2 Å². The number of hydrogen-bond donors (Lipinski definition) is 2. The number of aromatic carboxylic acids is 1. The van der Waals surface area contributed by atoms with E-state index in [1.807, 2.05) is 0 Å². The van der Waals surface area contributed by atoms with Gasteiger partial charge in [-0.3, -0.25) is 4.79 Å². The van der Waals surface area contributed by atoms with E-state index in [0.717, 1.165) is 0 Å². The lowest BCUT2D eigenvalue weighted by atomic mass is 10.1. The van der Waals surface area contributed by atoms with Crippen molar-refractivity contribution in [1.82, 2.24) is 5.32 Å². The lowest BCUT2D eigenvalue weighted by molar-refractivity contribution is -0.192. The van der Waals surface area contributed by atoms with Crippen molar-refractivity contribution >= 4 is 23.5 Å². The molecule has 1 fully saturated rings. The highest BCUT2D eigenvalue weighted by molar-refractivity contribution is 6.33. The molecule has 0 aliphatic heterocycles. The maximum Gasteiger partial charge on any atom is 0.403 e. The smallest absolute Gasteiger partial charge is 0.403 e. The molecular formula is C13H11ClF3NO3. The first-order valence-corrected chi connectivity index (χ1v) is 6.42. The Kier molecular flexibility index (Phi) is 3.88. The van der Waals surface area contributed by atoms with Gasteiger partial charge >= 0.3 is 12.1 Å². The topological polar surface area (TPSA) is 66.4 Å². The van der Waals surface area contributed by atoms with Gasteiger partial charge in [0, 0.05) is 6.54 Å². The molecule has 1 aliphatic rings. The van der Waals surface area contributed by atoms with Crippen molar-refractivity contribution in [3.8, 4) is 0 Å². The molecule has 114 valence electrons. The van der Waals surface area contributed by atoms with Gasteiger partial charge in [-0.15, -0.1) is 0 Å². The van der Waals surface area contributed by atoms with Gasteiger partial charge < -0.3 is 10.4 Å². The van der Waals surface area contributed by atoms with Crippen LogP contribution in [0.1, 0.15) is 28.8 Å². The first-order chi connectivity index (χ1) is 9.67. The van der Waals surface area contributed by atoms with E-state index in [-0.39, 0.29) is 30.0 Å². The van der Waals surface area contributed by atoms with Crippen LogP contribution in [0.15, 0.2) is 18.2 Å². The van der Waals surface area contributed by atoms with Crippen LogP contribution in [0, 0.1) is 5.41 Å². The Morgan fingerprint density at radius 1 is 1.33 bits per heavy atom. The number of carbonyl (C=O) groups is 2. The van der Waals surface area contributed by atoms with Gasteiger partial charge in [0.15, 0.2) is 0 Å². The number of benzene rings is 1. The molecule has 1 aromatic rings. The summed E-state index contributed by atoms with van der Waals surface area (Å²) in [5.74, 6) is -2.33. The molecule has 21 heavy (non-hydrogen) atoms. The van der Waals surface area contributed by atoms with Crippen LogP contribution in [0.3, 0.4) is 0 Å². The molecule has 0 spiro atoms. The summed E-state index contributed by atoms with van der Waals surface area (Å²) in [4.78, 5) is 22.6. The molecule has 8 heteroatoms. The van der Waals surface area contributed by atoms with Crippen molar-refractivity contribution < 1.29 is 27.9 Å². The third-order valence-electron chi connectivity index (χ3n) is 3.44. The number of rotatable bonds is 4. The van der Waals surface area contributed by atoms with Crippen molar-refractivity contribution in [1.29, 1.82) is 0 Å². The largest absolute Gasteiger partial charge is 0.478 e. The van der Waals surface area contributed by atoms with Crippen LogP contribution < -0.4 is 5.32 Å². The van der Waals surface area contributed by atoms with Gasteiger partial charge in [0.1, 0.15) is 5.41 Å². The molecule has 1 saturated carbocycles. The van der Waals surface area contributed by atoms with Gasteiger partial charge in [0.05, 0.1) is 10.6 Å².